The fourth-order valence-corrected chi connectivity index (χ4v) is 2.74. The van der Waals surface area contributed by atoms with Crippen LogP contribution in [0.25, 0.3) is 11.1 Å². The maximum absolute atomic E-state index is 3.44. The van der Waals surface area contributed by atoms with Crippen LogP contribution in [0.3, 0.4) is 0 Å². The van der Waals surface area contributed by atoms with Gasteiger partial charge in [0, 0.05) is 19.3 Å². The van der Waals surface area contributed by atoms with Crippen LogP contribution in [0.1, 0.15) is 17.9 Å². The van der Waals surface area contributed by atoms with E-state index in [-0.39, 0.29) is 0 Å². The topological polar surface area (TPSA) is 24.1 Å². The summed E-state index contributed by atoms with van der Waals surface area (Å²) in [7, 11) is 1.95. The number of anilines is 1. The monoisotopic (exact) mass is 252 g/mol. The fraction of sp³-hybridized carbons (Fsp3) is 0.294. The van der Waals surface area contributed by atoms with Gasteiger partial charge in [-0.1, -0.05) is 36.4 Å². The highest BCUT2D eigenvalue weighted by atomic mass is 14.9. The molecule has 1 fully saturated rings. The molecule has 0 aliphatic carbocycles. The molecule has 2 nitrogen and oxygen atoms in total. The lowest BCUT2D eigenvalue weighted by atomic mass is 9.94. The molecular formula is C17H20N2. The minimum Gasteiger partial charge on any atom is -0.388 e. The molecule has 1 unspecified atom stereocenters. The zero-order valence-electron chi connectivity index (χ0n) is 11.3. The molecule has 2 aromatic rings. The lowest BCUT2D eigenvalue weighted by molar-refractivity contribution is 0.764. The maximum Gasteiger partial charge on any atom is 0.0337 e. The van der Waals surface area contributed by atoms with Gasteiger partial charge in [0.1, 0.15) is 0 Å². The van der Waals surface area contributed by atoms with Gasteiger partial charge in [-0.05, 0) is 47.7 Å². The summed E-state index contributed by atoms with van der Waals surface area (Å²) in [5.74, 6) is 0.677. The van der Waals surface area contributed by atoms with E-state index in [1.165, 1.54) is 23.1 Å². The van der Waals surface area contributed by atoms with Crippen molar-refractivity contribution in [2.24, 2.45) is 0 Å². The second-order valence-electron chi connectivity index (χ2n) is 5.14. The van der Waals surface area contributed by atoms with Gasteiger partial charge in [-0.15, -0.1) is 0 Å². The zero-order valence-corrected chi connectivity index (χ0v) is 11.3. The van der Waals surface area contributed by atoms with E-state index in [0.717, 1.165) is 18.8 Å². The summed E-state index contributed by atoms with van der Waals surface area (Å²) in [6.45, 7) is 2.26. The minimum atomic E-state index is 0.677. The molecule has 0 bridgehead atoms. The summed E-state index contributed by atoms with van der Waals surface area (Å²) in [4.78, 5) is 0. The van der Waals surface area contributed by atoms with Crippen LogP contribution in [0.5, 0.6) is 0 Å². The molecule has 0 amide bonds. The van der Waals surface area contributed by atoms with Crippen LogP contribution in [0.15, 0.2) is 48.5 Å². The molecule has 2 aromatic carbocycles. The van der Waals surface area contributed by atoms with Gasteiger partial charge in [0.05, 0.1) is 0 Å². The molecule has 0 saturated carbocycles. The van der Waals surface area contributed by atoms with E-state index in [2.05, 4.69) is 59.2 Å². The van der Waals surface area contributed by atoms with Gasteiger partial charge in [0.15, 0.2) is 0 Å². The average molecular weight is 252 g/mol. The van der Waals surface area contributed by atoms with Crippen molar-refractivity contribution in [1.82, 2.24) is 5.32 Å². The Labute approximate surface area is 114 Å². The predicted octanol–water partition coefficient (Wildman–Crippen LogP) is 3.47. The average Bonchev–Trinajstić information content (AvgIpc) is 3.02. The van der Waals surface area contributed by atoms with Gasteiger partial charge >= 0.3 is 0 Å². The quantitative estimate of drug-likeness (QED) is 0.874. The predicted molar refractivity (Wildman–Crippen MR) is 81.7 cm³/mol. The Balaban J connectivity index is 1.89. The lowest BCUT2D eigenvalue weighted by Crippen LogP contribution is -2.07. The molecule has 2 N–H and O–H groups in total. The van der Waals surface area contributed by atoms with Gasteiger partial charge in [-0.3, -0.25) is 0 Å². The molecule has 0 aromatic heterocycles. The number of rotatable bonds is 3. The summed E-state index contributed by atoms with van der Waals surface area (Å²) in [5.41, 5.74) is 5.21. The molecule has 1 heterocycles. The van der Waals surface area contributed by atoms with Crippen molar-refractivity contribution in [3.05, 3.63) is 54.1 Å². The molecule has 2 heteroatoms. The first kappa shape index (κ1) is 12.2. The second-order valence-corrected chi connectivity index (χ2v) is 5.14. The van der Waals surface area contributed by atoms with Crippen LogP contribution >= 0.6 is 0 Å². The highest BCUT2D eigenvalue weighted by Crippen LogP contribution is 2.27. The third-order valence-electron chi connectivity index (χ3n) is 3.93. The van der Waals surface area contributed by atoms with Crippen molar-refractivity contribution in [2.45, 2.75) is 12.3 Å². The standard InChI is InChI=1S/C17H20N2/c1-18-17-7-5-13(6-8-17)14-3-2-4-15(11-14)16-9-10-19-12-16/h2-8,11,16,18-19H,9-10,12H2,1H3. The number of nitrogens with one attached hydrogen (secondary N) is 2. The van der Waals surface area contributed by atoms with Crippen LogP contribution < -0.4 is 10.6 Å². The highest BCUT2D eigenvalue weighted by molar-refractivity contribution is 5.66. The first-order chi connectivity index (χ1) is 9.36. The van der Waals surface area contributed by atoms with Crippen molar-refractivity contribution in [3.8, 4) is 11.1 Å². The van der Waals surface area contributed by atoms with E-state index in [1.807, 2.05) is 7.05 Å². The van der Waals surface area contributed by atoms with Crippen LogP contribution in [0.2, 0.25) is 0 Å². The van der Waals surface area contributed by atoms with Crippen molar-refractivity contribution in [2.75, 3.05) is 25.5 Å². The van der Waals surface area contributed by atoms with E-state index < -0.39 is 0 Å². The Kier molecular flexibility index (Phi) is 3.51. The van der Waals surface area contributed by atoms with Gasteiger partial charge in [-0.25, -0.2) is 0 Å². The van der Waals surface area contributed by atoms with E-state index in [9.17, 15) is 0 Å². The van der Waals surface area contributed by atoms with Crippen molar-refractivity contribution >= 4 is 5.69 Å². The summed E-state index contributed by atoms with van der Waals surface area (Å²) in [6.07, 6.45) is 1.25. The van der Waals surface area contributed by atoms with Crippen LogP contribution in [-0.2, 0) is 0 Å². The first-order valence-electron chi connectivity index (χ1n) is 6.96. The van der Waals surface area contributed by atoms with Crippen molar-refractivity contribution < 1.29 is 0 Å². The molecule has 19 heavy (non-hydrogen) atoms. The Morgan fingerprint density at radius 2 is 1.89 bits per heavy atom. The summed E-state index contributed by atoms with van der Waals surface area (Å²) in [5, 5.41) is 6.59. The van der Waals surface area contributed by atoms with Crippen molar-refractivity contribution in [3.63, 3.8) is 0 Å². The molecule has 0 spiro atoms. The largest absolute Gasteiger partial charge is 0.388 e. The van der Waals surface area contributed by atoms with E-state index in [0.29, 0.717) is 5.92 Å². The molecule has 1 atom stereocenters. The van der Waals surface area contributed by atoms with Gasteiger partial charge in [-0.2, -0.15) is 0 Å². The smallest absolute Gasteiger partial charge is 0.0337 e. The number of hydrogen-bond donors (Lipinski definition) is 2. The number of benzene rings is 2. The molecule has 98 valence electrons. The fourth-order valence-electron chi connectivity index (χ4n) is 2.74. The normalized spacial score (nSPS) is 18.5. The molecule has 1 aliphatic rings. The Morgan fingerprint density at radius 1 is 1.05 bits per heavy atom. The zero-order chi connectivity index (χ0) is 13.1. The van der Waals surface area contributed by atoms with Crippen LogP contribution in [0.4, 0.5) is 5.69 Å². The highest BCUT2D eigenvalue weighted by Gasteiger charge is 2.16. The Morgan fingerprint density at radius 3 is 2.58 bits per heavy atom. The first-order valence-corrected chi connectivity index (χ1v) is 6.96. The van der Waals surface area contributed by atoms with Gasteiger partial charge < -0.3 is 10.6 Å². The van der Waals surface area contributed by atoms with E-state index in [4.69, 9.17) is 0 Å². The lowest BCUT2D eigenvalue weighted by Gasteiger charge is -2.11. The van der Waals surface area contributed by atoms with E-state index in [1.54, 1.807) is 0 Å². The third kappa shape index (κ3) is 2.64. The molecule has 3 rings (SSSR count). The Hall–Kier alpha value is -1.80. The van der Waals surface area contributed by atoms with E-state index >= 15 is 0 Å². The molecule has 1 saturated heterocycles. The van der Waals surface area contributed by atoms with Crippen molar-refractivity contribution in [1.29, 1.82) is 0 Å². The van der Waals surface area contributed by atoms with Gasteiger partial charge in [0.25, 0.3) is 0 Å². The van der Waals surface area contributed by atoms with Gasteiger partial charge in [0.2, 0.25) is 0 Å². The Bertz CT molecular complexity index is 539. The third-order valence-corrected chi connectivity index (χ3v) is 3.93. The molecule has 1 aliphatic heterocycles. The summed E-state index contributed by atoms with van der Waals surface area (Å²) in [6, 6.07) is 17.6. The molecule has 0 radical (unpaired) electrons. The molecular weight excluding hydrogens is 232 g/mol. The van der Waals surface area contributed by atoms with Crippen LogP contribution in [0, 0.1) is 0 Å². The summed E-state index contributed by atoms with van der Waals surface area (Å²) < 4.78 is 0. The number of hydrogen-bond acceptors (Lipinski definition) is 2. The maximum atomic E-state index is 3.44. The SMILES string of the molecule is CNc1ccc(-c2cccc(C3CCNC3)c2)cc1. The summed E-state index contributed by atoms with van der Waals surface area (Å²) >= 11 is 0. The second kappa shape index (κ2) is 5.45. The minimum absolute atomic E-state index is 0.677. The van der Waals surface area contributed by atoms with Crippen LogP contribution in [-0.4, -0.2) is 20.1 Å².